The largest absolute Gasteiger partial charge is 0.323 e. The highest BCUT2D eigenvalue weighted by atomic mass is 32.1. The molecule has 0 unspecified atom stereocenters. The maximum atomic E-state index is 12.9. The van der Waals surface area contributed by atoms with Gasteiger partial charge in [0.05, 0.1) is 18.1 Å². The average molecular weight is 354 g/mol. The normalized spacial score (nSPS) is 11.2. The molecule has 3 aromatic heterocycles. The van der Waals surface area contributed by atoms with Crippen LogP contribution in [0.25, 0.3) is 20.7 Å². The number of rotatable bonds is 3. The first-order valence-corrected chi connectivity index (χ1v) is 8.64. The Bertz CT molecular complexity index is 1130. The molecule has 7 heteroatoms. The van der Waals surface area contributed by atoms with Gasteiger partial charge in [0.15, 0.2) is 4.77 Å². The number of hydrogen-bond donors (Lipinski definition) is 1. The number of fused-ring (bicyclic) bond motifs is 1. The van der Waals surface area contributed by atoms with E-state index in [0.29, 0.717) is 16.7 Å². The van der Waals surface area contributed by atoms with E-state index in [2.05, 4.69) is 10.1 Å². The summed E-state index contributed by atoms with van der Waals surface area (Å²) in [7, 11) is 1.85. The molecule has 4 aromatic rings. The molecule has 120 valence electrons. The number of aromatic nitrogens is 4. The number of aromatic amines is 1. The molecule has 24 heavy (non-hydrogen) atoms. The third-order valence-electron chi connectivity index (χ3n) is 3.83. The Morgan fingerprint density at radius 3 is 2.79 bits per heavy atom. The molecule has 1 aromatic carbocycles. The SMILES string of the molecule is Cn1cc(Cn2c(=S)[nH]c3sc(-c4ccccc4)cc3c2=O)cn1. The summed E-state index contributed by atoms with van der Waals surface area (Å²) in [6, 6.07) is 12.0. The van der Waals surface area contributed by atoms with E-state index in [0.717, 1.165) is 20.8 Å². The van der Waals surface area contributed by atoms with Crippen LogP contribution in [0.2, 0.25) is 0 Å². The minimum atomic E-state index is -0.0731. The average Bonchev–Trinajstić information content (AvgIpc) is 3.18. The highest BCUT2D eigenvalue weighted by Gasteiger charge is 2.11. The molecule has 0 aliphatic rings. The molecule has 0 aliphatic heterocycles. The number of H-pyrrole nitrogens is 1. The monoisotopic (exact) mass is 354 g/mol. The first kappa shape index (κ1) is 15.0. The van der Waals surface area contributed by atoms with Crippen LogP contribution in [0.4, 0.5) is 0 Å². The molecule has 0 amide bonds. The predicted octanol–water partition coefficient (Wildman–Crippen LogP) is 3.57. The van der Waals surface area contributed by atoms with E-state index >= 15 is 0 Å². The molecule has 0 fully saturated rings. The van der Waals surface area contributed by atoms with Crippen LogP contribution >= 0.6 is 23.6 Å². The van der Waals surface area contributed by atoms with Crippen molar-refractivity contribution < 1.29 is 0 Å². The third-order valence-corrected chi connectivity index (χ3v) is 5.25. The summed E-state index contributed by atoms with van der Waals surface area (Å²) in [6.07, 6.45) is 3.63. The van der Waals surface area contributed by atoms with Gasteiger partial charge in [0.1, 0.15) is 4.83 Å². The maximum absolute atomic E-state index is 12.9. The van der Waals surface area contributed by atoms with Crippen molar-refractivity contribution in [2.75, 3.05) is 0 Å². The summed E-state index contributed by atoms with van der Waals surface area (Å²) in [6.45, 7) is 0.411. The van der Waals surface area contributed by atoms with Crippen molar-refractivity contribution in [1.29, 1.82) is 0 Å². The van der Waals surface area contributed by atoms with Crippen LogP contribution in [0, 0.1) is 4.77 Å². The molecular weight excluding hydrogens is 340 g/mol. The van der Waals surface area contributed by atoms with Crippen molar-refractivity contribution in [1.82, 2.24) is 19.3 Å². The predicted molar refractivity (Wildman–Crippen MR) is 99.0 cm³/mol. The van der Waals surface area contributed by atoms with E-state index in [1.807, 2.05) is 49.6 Å². The number of nitrogens with one attached hydrogen (secondary N) is 1. The van der Waals surface area contributed by atoms with Crippen molar-refractivity contribution in [2.24, 2.45) is 7.05 Å². The first-order chi connectivity index (χ1) is 11.6. The van der Waals surface area contributed by atoms with Gasteiger partial charge in [0.2, 0.25) is 0 Å². The second-order valence-corrected chi connectivity index (χ2v) is 7.00. The highest BCUT2D eigenvalue weighted by Crippen LogP contribution is 2.30. The van der Waals surface area contributed by atoms with Gasteiger partial charge >= 0.3 is 0 Å². The number of hydrogen-bond acceptors (Lipinski definition) is 4. The number of thiophene rings is 1. The molecule has 0 aliphatic carbocycles. The summed E-state index contributed by atoms with van der Waals surface area (Å²) in [4.78, 5) is 17.9. The molecule has 0 radical (unpaired) electrons. The van der Waals surface area contributed by atoms with Crippen LogP contribution in [-0.4, -0.2) is 19.3 Å². The van der Waals surface area contributed by atoms with Crippen molar-refractivity contribution in [3.8, 4) is 10.4 Å². The first-order valence-electron chi connectivity index (χ1n) is 7.41. The molecule has 1 N–H and O–H groups in total. The third kappa shape index (κ3) is 2.61. The second kappa shape index (κ2) is 5.85. The van der Waals surface area contributed by atoms with Gasteiger partial charge in [-0.3, -0.25) is 14.0 Å². The van der Waals surface area contributed by atoms with Gasteiger partial charge in [-0.15, -0.1) is 11.3 Å². The van der Waals surface area contributed by atoms with Gasteiger partial charge in [0, 0.05) is 23.7 Å². The molecule has 0 atom stereocenters. The molecule has 0 saturated heterocycles. The van der Waals surface area contributed by atoms with Crippen LogP contribution in [-0.2, 0) is 13.6 Å². The fourth-order valence-corrected chi connectivity index (χ4v) is 4.04. The summed E-state index contributed by atoms with van der Waals surface area (Å²) < 4.78 is 3.72. The minimum absolute atomic E-state index is 0.0731. The summed E-state index contributed by atoms with van der Waals surface area (Å²) in [5.74, 6) is 0. The van der Waals surface area contributed by atoms with E-state index < -0.39 is 0 Å². The Morgan fingerprint density at radius 2 is 2.08 bits per heavy atom. The number of benzene rings is 1. The van der Waals surface area contributed by atoms with E-state index in [1.54, 1.807) is 26.8 Å². The summed E-state index contributed by atoms with van der Waals surface area (Å²) in [5, 5.41) is 4.80. The Labute approximate surface area is 146 Å². The standard InChI is InChI=1S/C17H14N4OS2/c1-20-9-11(8-18-20)10-21-16(22)13-7-14(12-5-3-2-4-6-12)24-15(13)19-17(21)23/h2-9H,10H2,1H3,(H,19,23). The van der Waals surface area contributed by atoms with Gasteiger partial charge in [-0.2, -0.15) is 5.10 Å². The molecular formula is C17H14N4OS2. The van der Waals surface area contributed by atoms with Gasteiger partial charge in [-0.25, -0.2) is 0 Å². The maximum Gasteiger partial charge on any atom is 0.263 e. The van der Waals surface area contributed by atoms with Crippen molar-refractivity contribution in [2.45, 2.75) is 6.54 Å². The second-order valence-electron chi connectivity index (χ2n) is 5.56. The van der Waals surface area contributed by atoms with Crippen LogP contribution in [0.1, 0.15) is 5.56 Å². The Hall–Kier alpha value is -2.51. The lowest BCUT2D eigenvalue weighted by atomic mass is 10.2. The van der Waals surface area contributed by atoms with E-state index in [9.17, 15) is 4.79 Å². The van der Waals surface area contributed by atoms with Crippen LogP contribution in [0.15, 0.2) is 53.6 Å². The van der Waals surface area contributed by atoms with Gasteiger partial charge in [0.25, 0.3) is 5.56 Å². The minimum Gasteiger partial charge on any atom is -0.323 e. The van der Waals surface area contributed by atoms with E-state index in [-0.39, 0.29) is 5.56 Å². The topological polar surface area (TPSA) is 55.6 Å². The molecule has 5 nitrogen and oxygen atoms in total. The lowest BCUT2D eigenvalue weighted by Crippen LogP contribution is -2.21. The molecule has 4 rings (SSSR count). The lowest BCUT2D eigenvalue weighted by Gasteiger charge is -2.04. The Kier molecular flexibility index (Phi) is 3.66. The highest BCUT2D eigenvalue weighted by molar-refractivity contribution is 7.71. The van der Waals surface area contributed by atoms with E-state index in [1.165, 1.54) is 0 Å². The summed E-state index contributed by atoms with van der Waals surface area (Å²) >= 11 is 6.93. The van der Waals surface area contributed by atoms with Crippen molar-refractivity contribution >= 4 is 33.8 Å². The zero-order valence-corrected chi connectivity index (χ0v) is 14.5. The fraction of sp³-hybridized carbons (Fsp3) is 0.118. The van der Waals surface area contributed by atoms with Crippen LogP contribution in [0.5, 0.6) is 0 Å². The lowest BCUT2D eigenvalue weighted by molar-refractivity contribution is 0.731. The summed E-state index contributed by atoms with van der Waals surface area (Å²) in [5.41, 5.74) is 1.96. The van der Waals surface area contributed by atoms with Crippen molar-refractivity contribution in [3.05, 3.63) is 69.5 Å². The Balaban J connectivity index is 1.85. The number of aryl methyl sites for hydroxylation is 1. The van der Waals surface area contributed by atoms with Crippen LogP contribution in [0.3, 0.4) is 0 Å². The zero-order valence-electron chi connectivity index (χ0n) is 12.9. The number of nitrogens with zero attached hydrogens (tertiary/aromatic N) is 3. The molecule has 0 bridgehead atoms. The van der Waals surface area contributed by atoms with Gasteiger partial charge in [-0.1, -0.05) is 30.3 Å². The molecule has 3 heterocycles. The van der Waals surface area contributed by atoms with Gasteiger partial charge < -0.3 is 4.98 Å². The van der Waals surface area contributed by atoms with Gasteiger partial charge in [-0.05, 0) is 23.8 Å². The zero-order chi connectivity index (χ0) is 16.7. The van der Waals surface area contributed by atoms with E-state index in [4.69, 9.17) is 12.2 Å². The van der Waals surface area contributed by atoms with Crippen molar-refractivity contribution in [3.63, 3.8) is 0 Å². The smallest absolute Gasteiger partial charge is 0.263 e. The quantitative estimate of drug-likeness (QED) is 0.572. The molecule has 0 saturated carbocycles. The fourth-order valence-electron chi connectivity index (χ4n) is 2.67. The molecule has 0 spiro atoms. The Morgan fingerprint density at radius 1 is 1.29 bits per heavy atom. The van der Waals surface area contributed by atoms with Crippen LogP contribution < -0.4 is 5.56 Å².